The SMILES string of the molecule is N#Cc1cc(Br)ccc1N(CCO)C1CCCCC1. The Morgan fingerprint density at radius 2 is 2.05 bits per heavy atom. The van der Waals surface area contributed by atoms with E-state index in [1.54, 1.807) is 0 Å². The van der Waals surface area contributed by atoms with Gasteiger partial charge in [0.15, 0.2) is 0 Å². The molecule has 0 bridgehead atoms. The summed E-state index contributed by atoms with van der Waals surface area (Å²) < 4.78 is 0.917. The lowest BCUT2D eigenvalue weighted by Gasteiger charge is -2.36. The number of nitrogens with zero attached hydrogens (tertiary/aromatic N) is 2. The van der Waals surface area contributed by atoms with Crippen molar-refractivity contribution in [2.24, 2.45) is 0 Å². The summed E-state index contributed by atoms with van der Waals surface area (Å²) in [5, 5.41) is 18.6. The molecule has 0 aromatic heterocycles. The van der Waals surface area contributed by atoms with E-state index in [1.807, 2.05) is 18.2 Å². The molecule has 1 aromatic carbocycles. The van der Waals surface area contributed by atoms with Gasteiger partial charge in [-0.3, -0.25) is 0 Å². The number of hydrogen-bond acceptors (Lipinski definition) is 3. The molecule has 3 nitrogen and oxygen atoms in total. The van der Waals surface area contributed by atoms with Crippen molar-refractivity contribution in [3.8, 4) is 6.07 Å². The summed E-state index contributed by atoms with van der Waals surface area (Å²) in [6, 6.07) is 8.50. The molecule has 4 heteroatoms. The van der Waals surface area contributed by atoms with E-state index in [0.29, 0.717) is 18.2 Å². The minimum Gasteiger partial charge on any atom is -0.395 e. The molecule has 2 rings (SSSR count). The summed E-state index contributed by atoms with van der Waals surface area (Å²) >= 11 is 3.40. The van der Waals surface area contributed by atoms with Gasteiger partial charge >= 0.3 is 0 Å². The normalized spacial score (nSPS) is 16.1. The molecule has 0 spiro atoms. The van der Waals surface area contributed by atoms with Gasteiger partial charge in [-0.15, -0.1) is 0 Å². The van der Waals surface area contributed by atoms with Crippen LogP contribution < -0.4 is 4.90 Å². The van der Waals surface area contributed by atoms with Crippen LogP contribution in [0, 0.1) is 11.3 Å². The van der Waals surface area contributed by atoms with Crippen LogP contribution >= 0.6 is 15.9 Å². The number of aliphatic hydroxyl groups excluding tert-OH is 1. The van der Waals surface area contributed by atoms with Crippen molar-refractivity contribution < 1.29 is 5.11 Å². The maximum Gasteiger partial charge on any atom is 0.101 e. The predicted molar refractivity (Wildman–Crippen MR) is 80.2 cm³/mol. The summed E-state index contributed by atoms with van der Waals surface area (Å²) in [7, 11) is 0. The highest BCUT2D eigenvalue weighted by Gasteiger charge is 2.23. The van der Waals surface area contributed by atoms with E-state index in [9.17, 15) is 10.4 Å². The van der Waals surface area contributed by atoms with Crippen molar-refractivity contribution in [1.29, 1.82) is 5.26 Å². The van der Waals surface area contributed by atoms with Gasteiger partial charge in [0, 0.05) is 17.1 Å². The van der Waals surface area contributed by atoms with Gasteiger partial charge in [0.1, 0.15) is 6.07 Å². The molecular weight excluding hydrogens is 304 g/mol. The lowest BCUT2D eigenvalue weighted by molar-refractivity contribution is 0.290. The molecule has 1 aliphatic carbocycles. The first-order chi connectivity index (χ1) is 9.26. The molecule has 1 fully saturated rings. The first kappa shape index (κ1) is 14.4. The van der Waals surface area contributed by atoms with E-state index in [0.717, 1.165) is 23.0 Å². The third-order valence-electron chi connectivity index (χ3n) is 3.74. The molecule has 0 saturated heterocycles. The second-order valence-corrected chi connectivity index (χ2v) is 5.90. The minimum atomic E-state index is 0.122. The maximum absolute atomic E-state index is 9.31. The molecule has 1 aromatic rings. The van der Waals surface area contributed by atoms with Gasteiger partial charge in [-0.2, -0.15) is 5.26 Å². The lowest BCUT2D eigenvalue weighted by atomic mass is 9.93. The van der Waals surface area contributed by atoms with Crippen LogP contribution in [0.2, 0.25) is 0 Å². The number of aliphatic hydroxyl groups is 1. The van der Waals surface area contributed by atoms with Gasteiger partial charge in [0.25, 0.3) is 0 Å². The largest absolute Gasteiger partial charge is 0.395 e. The third kappa shape index (κ3) is 3.49. The zero-order valence-electron chi connectivity index (χ0n) is 11.0. The van der Waals surface area contributed by atoms with Crippen molar-refractivity contribution in [3.05, 3.63) is 28.2 Å². The molecule has 19 heavy (non-hydrogen) atoms. The molecule has 0 unspecified atom stereocenters. The highest BCUT2D eigenvalue weighted by molar-refractivity contribution is 9.10. The Balaban J connectivity index is 2.30. The number of benzene rings is 1. The van der Waals surface area contributed by atoms with Crippen molar-refractivity contribution in [3.63, 3.8) is 0 Å². The van der Waals surface area contributed by atoms with Crippen LogP contribution in [0.25, 0.3) is 0 Å². The fraction of sp³-hybridized carbons (Fsp3) is 0.533. The molecule has 0 aliphatic heterocycles. The van der Waals surface area contributed by atoms with Crippen LogP contribution in [-0.2, 0) is 0 Å². The van der Waals surface area contributed by atoms with E-state index in [4.69, 9.17) is 0 Å². The summed E-state index contributed by atoms with van der Waals surface area (Å²) in [4.78, 5) is 2.21. The quantitative estimate of drug-likeness (QED) is 0.923. The number of nitriles is 1. The Kier molecular flexibility index (Phi) is 5.24. The first-order valence-corrected chi connectivity index (χ1v) is 7.62. The molecule has 0 atom stereocenters. The fourth-order valence-electron chi connectivity index (χ4n) is 2.85. The van der Waals surface area contributed by atoms with Gasteiger partial charge in [0.05, 0.1) is 17.9 Å². The molecule has 1 N–H and O–H groups in total. The van der Waals surface area contributed by atoms with E-state index >= 15 is 0 Å². The predicted octanol–water partition coefficient (Wildman–Crippen LogP) is 3.45. The Labute approximate surface area is 123 Å². The third-order valence-corrected chi connectivity index (χ3v) is 4.24. The van der Waals surface area contributed by atoms with E-state index in [1.165, 1.54) is 19.3 Å². The smallest absolute Gasteiger partial charge is 0.101 e. The minimum absolute atomic E-state index is 0.122. The van der Waals surface area contributed by atoms with Crippen LogP contribution in [0.15, 0.2) is 22.7 Å². The van der Waals surface area contributed by atoms with Crippen LogP contribution in [0.1, 0.15) is 37.7 Å². The van der Waals surface area contributed by atoms with Gasteiger partial charge < -0.3 is 10.0 Å². The molecule has 1 aliphatic rings. The van der Waals surface area contributed by atoms with Crippen LogP contribution in [-0.4, -0.2) is 24.3 Å². The van der Waals surface area contributed by atoms with Crippen molar-refractivity contribution in [1.82, 2.24) is 0 Å². The van der Waals surface area contributed by atoms with E-state index in [-0.39, 0.29) is 6.61 Å². The van der Waals surface area contributed by atoms with Gasteiger partial charge in [-0.25, -0.2) is 0 Å². The Morgan fingerprint density at radius 3 is 2.68 bits per heavy atom. The summed E-state index contributed by atoms with van der Waals surface area (Å²) in [5.41, 5.74) is 1.63. The van der Waals surface area contributed by atoms with Crippen LogP contribution in [0.4, 0.5) is 5.69 Å². The monoisotopic (exact) mass is 322 g/mol. The lowest BCUT2D eigenvalue weighted by Crippen LogP contribution is -2.39. The molecule has 0 heterocycles. The van der Waals surface area contributed by atoms with Crippen LogP contribution in [0.3, 0.4) is 0 Å². The Hall–Kier alpha value is -1.05. The first-order valence-electron chi connectivity index (χ1n) is 6.83. The van der Waals surface area contributed by atoms with Crippen LogP contribution in [0.5, 0.6) is 0 Å². The number of rotatable bonds is 4. The number of anilines is 1. The molecular formula is C15H19BrN2O. The molecule has 102 valence electrons. The van der Waals surface area contributed by atoms with Crippen molar-refractivity contribution in [2.75, 3.05) is 18.1 Å². The average molecular weight is 323 g/mol. The van der Waals surface area contributed by atoms with Gasteiger partial charge in [0.2, 0.25) is 0 Å². The Bertz CT molecular complexity index is 464. The summed E-state index contributed by atoms with van der Waals surface area (Å²) in [6.07, 6.45) is 6.09. The van der Waals surface area contributed by atoms with E-state index < -0.39 is 0 Å². The molecule has 1 saturated carbocycles. The second kappa shape index (κ2) is 6.93. The standard InChI is InChI=1S/C15H19BrN2O/c16-13-6-7-15(12(10-13)11-17)18(8-9-19)14-4-2-1-3-5-14/h6-7,10,14,19H,1-5,8-9H2. The highest BCUT2D eigenvalue weighted by atomic mass is 79.9. The van der Waals surface area contributed by atoms with Crippen molar-refractivity contribution >= 4 is 21.6 Å². The van der Waals surface area contributed by atoms with E-state index in [2.05, 4.69) is 26.9 Å². The number of halogens is 1. The highest BCUT2D eigenvalue weighted by Crippen LogP contribution is 2.30. The number of hydrogen-bond donors (Lipinski definition) is 1. The topological polar surface area (TPSA) is 47.3 Å². The molecule has 0 radical (unpaired) electrons. The zero-order valence-corrected chi connectivity index (χ0v) is 12.6. The summed E-state index contributed by atoms with van der Waals surface area (Å²) in [6.45, 7) is 0.721. The Morgan fingerprint density at radius 1 is 1.32 bits per heavy atom. The maximum atomic E-state index is 9.31. The van der Waals surface area contributed by atoms with Gasteiger partial charge in [-0.1, -0.05) is 35.2 Å². The van der Waals surface area contributed by atoms with Crippen molar-refractivity contribution in [2.45, 2.75) is 38.1 Å². The summed E-state index contributed by atoms with van der Waals surface area (Å²) in [5.74, 6) is 0. The fourth-order valence-corrected chi connectivity index (χ4v) is 3.21. The average Bonchev–Trinajstić information content (AvgIpc) is 2.46. The zero-order chi connectivity index (χ0) is 13.7. The van der Waals surface area contributed by atoms with Gasteiger partial charge in [-0.05, 0) is 31.0 Å². The second-order valence-electron chi connectivity index (χ2n) is 4.98. The molecule has 0 amide bonds.